The van der Waals surface area contributed by atoms with Gasteiger partial charge in [-0.2, -0.15) is 4.31 Å². The molecule has 0 saturated carbocycles. The molecule has 2 heterocycles. The highest BCUT2D eigenvalue weighted by molar-refractivity contribution is 7.88. The van der Waals surface area contributed by atoms with Crippen molar-refractivity contribution in [3.63, 3.8) is 0 Å². The lowest BCUT2D eigenvalue weighted by molar-refractivity contribution is 0.388. The number of rotatable bonds is 2. The van der Waals surface area contributed by atoms with E-state index in [1.54, 1.807) is 11.3 Å². The number of hydrogen-bond acceptors (Lipinski definition) is 5. The normalized spacial score (nSPS) is 17.8. The van der Waals surface area contributed by atoms with Gasteiger partial charge in [0.25, 0.3) is 0 Å². The van der Waals surface area contributed by atoms with Crippen LogP contribution in [0.25, 0.3) is 10.2 Å². The van der Waals surface area contributed by atoms with Crippen LogP contribution in [0, 0.1) is 6.92 Å². The van der Waals surface area contributed by atoms with Gasteiger partial charge in [-0.25, -0.2) is 13.4 Å². The van der Waals surface area contributed by atoms with E-state index in [-0.39, 0.29) is 0 Å². The molecule has 0 bridgehead atoms. The summed E-state index contributed by atoms with van der Waals surface area (Å²) in [5, 5.41) is 0.988. The second-order valence-corrected chi connectivity index (χ2v) is 8.06. The molecule has 7 heteroatoms. The zero-order chi connectivity index (χ0) is 14.3. The highest BCUT2D eigenvalue weighted by Gasteiger charge is 2.25. The van der Waals surface area contributed by atoms with Gasteiger partial charge in [0.05, 0.1) is 16.5 Å². The van der Waals surface area contributed by atoms with Crippen molar-refractivity contribution in [3.05, 3.63) is 23.8 Å². The molecular formula is C13H17N3O2S2. The Bertz CT molecular complexity index is 731. The molecule has 1 aliphatic rings. The van der Waals surface area contributed by atoms with Gasteiger partial charge in [0.2, 0.25) is 10.0 Å². The Labute approximate surface area is 122 Å². The van der Waals surface area contributed by atoms with Crippen LogP contribution < -0.4 is 4.90 Å². The van der Waals surface area contributed by atoms with Gasteiger partial charge in [0.15, 0.2) is 5.13 Å². The van der Waals surface area contributed by atoms with Gasteiger partial charge >= 0.3 is 0 Å². The molecule has 20 heavy (non-hydrogen) atoms. The van der Waals surface area contributed by atoms with Crippen LogP contribution in [0.5, 0.6) is 0 Å². The van der Waals surface area contributed by atoms with Crippen molar-refractivity contribution in [2.45, 2.75) is 6.92 Å². The number of para-hydroxylation sites is 1. The fourth-order valence-corrected chi connectivity index (χ4v) is 4.34. The second kappa shape index (κ2) is 4.98. The number of benzene rings is 1. The number of piperazine rings is 1. The highest BCUT2D eigenvalue weighted by Crippen LogP contribution is 2.31. The number of aromatic nitrogens is 1. The predicted octanol–water partition coefficient (Wildman–Crippen LogP) is 1.69. The van der Waals surface area contributed by atoms with Gasteiger partial charge in [-0.05, 0) is 18.6 Å². The van der Waals surface area contributed by atoms with Crippen LogP contribution in [-0.2, 0) is 10.0 Å². The average molecular weight is 311 g/mol. The lowest BCUT2D eigenvalue weighted by atomic mass is 10.2. The molecule has 1 saturated heterocycles. The van der Waals surface area contributed by atoms with Crippen molar-refractivity contribution < 1.29 is 8.42 Å². The van der Waals surface area contributed by atoms with E-state index in [0.29, 0.717) is 26.2 Å². The van der Waals surface area contributed by atoms with Crippen LogP contribution in [0.15, 0.2) is 18.2 Å². The molecule has 0 atom stereocenters. The van der Waals surface area contributed by atoms with E-state index in [4.69, 9.17) is 4.98 Å². The van der Waals surface area contributed by atoms with Crippen LogP contribution in [0.3, 0.4) is 0 Å². The van der Waals surface area contributed by atoms with E-state index >= 15 is 0 Å². The zero-order valence-electron chi connectivity index (χ0n) is 11.5. The summed E-state index contributed by atoms with van der Waals surface area (Å²) in [6.07, 6.45) is 1.27. The summed E-state index contributed by atoms with van der Waals surface area (Å²) >= 11 is 1.67. The van der Waals surface area contributed by atoms with Crippen LogP contribution in [0.2, 0.25) is 0 Å². The minimum absolute atomic E-state index is 0.535. The Morgan fingerprint density at radius 2 is 1.90 bits per heavy atom. The SMILES string of the molecule is Cc1cccc2sc(N3CCN(S(C)(=O)=O)CC3)nc12. The molecule has 1 aromatic carbocycles. The van der Waals surface area contributed by atoms with Gasteiger partial charge in [0.1, 0.15) is 0 Å². The first kappa shape index (κ1) is 13.8. The molecule has 2 aromatic rings. The smallest absolute Gasteiger partial charge is 0.211 e. The molecule has 0 aliphatic carbocycles. The van der Waals surface area contributed by atoms with Gasteiger partial charge in [0, 0.05) is 26.2 Å². The molecule has 0 spiro atoms. The lowest BCUT2D eigenvalue weighted by Gasteiger charge is -2.32. The van der Waals surface area contributed by atoms with Gasteiger partial charge < -0.3 is 4.90 Å². The Balaban J connectivity index is 1.82. The molecule has 3 rings (SSSR count). The molecule has 1 fully saturated rings. The van der Waals surface area contributed by atoms with Crippen LogP contribution >= 0.6 is 11.3 Å². The van der Waals surface area contributed by atoms with E-state index in [9.17, 15) is 8.42 Å². The number of hydrogen-bond donors (Lipinski definition) is 0. The third-order valence-electron chi connectivity index (χ3n) is 3.59. The quantitative estimate of drug-likeness (QED) is 0.847. The Morgan fingerprint density at radius 3 is 2.50 bits per heavy atom. The summed E-state index contributed by atoms with van der Waals surface area (Å²) in [5.41, 5.74) is 2.23. The fourth-order valence-electron chi connectivity index (χ4n) is 2.42. The molecule has 0 N–H and O–H groups in total. The average Bonchev–Trinajstić information content (AvgIpc) is 2.83. The molecular weight excluding hydrogens is 294 g/mol. The fraction of sp³-hybridized carbons (Fsp3) is 0.462. The van der Waals surface area contributed by atoms with E-state index in [0.717, 1.165) is 10.6 Å². The van der Waals surface area contributed by atoms with Crippen molar-refractivity contribution in [2.75, 3.05) is 37.3 Å². The summed E-state index contributed by atoms with van der Waals surface area (Å²) in [6.45, 7) is 4.53. The number of aryl methyl sites for hydroxylation is 1. The maximum atomic E-state index is 11.5. The van der Waals surface area contributed by atoms with Crippen molar-refractivity contribution in [1.29, 1.82) is 0 Å². The molecule has 108 valence electrons. The van der Waals surface area contributed by atoms with Crippen molar-refractivity contribution >= 4 is 36.7 Å². The summed E-state index contributed by atoms with van der Waals surface area (Å²) in [6, 6.07) is 6.19. The van der Waals surface area contributed by atoms with Crippen LogP contribution in [0.4, 0.5) is 5.13 Å². The molecule has 0 amide bonds. The standard InChI is InChI=1S/C13H17N3O2S2/c1-10-4-3-5-11-12(10)14-13(19-11)15-6-8-16(9-7-15)20(2,17)18/h3-5H,6-9H2,1-2H3. The van der Waals surface area contributed by atoms with Gasteiger partial charge in [-0.1, -0.05) is 23.5 Å². The summed E-state index contributed by atoms with van der Waals surface area (Å²) in [4.78, 5) is 6.87. The molecule has 1 aliphatic heterocycles. The van der Waals surface area contributed by atoms with E-state index in [2.05, 4.69) is 24.0 Å². The van der Waals surface area contributed by atoms with E-state index in [1.165, 1.54) is 20.8 Å². The first-order valence-electron chi connectivity index (χ1n) is 6.51. The number of nitrogens with zero attached hydrogens (tertiary/aromatic N) is 3. The zero-order valence-corrected chi connectivity index (χ0v) is 13.2. The van der Waals surface area contributed by atoms with E-state index in [1.807, 2.05) is 6.07 Å². The molecule has 5 nitrogen and oxygen atoms in total. The third-order valence-corrected chi connectivity index (χ3v) is 5.97. The Hall–Kier alpha value is -1.18. The molecule has 0 unspecified atom stereocenters. The first-order chi connectivity index (χ1) is 9.45. The van der Waals surface area contributed by atoms with E-state index < -0.39 is 10.0 Å². The van der Waals surface area contributed by atoms with Crippen molar-refractivity contribution in [2.24, 2.45) is 0 Å². The highest BCUT2D eigenvalue weighted by atomic mass is 32.2. The van der Waals surface area contributed by atoms with Gasteiger partial charge in [-0.3, -0.25) is 0 Å². The Kier molecular flexibility index (Phi) is 3.43. The molecule has 1 aromatic heterocycles. The lowest BCUT2D eigenvalue weighted by Crippen LogP contribution is -2.48. The number of sulfonamides is 1. The number of thiazole rings is 1. The van der Waals surface area contributed by atoms with Crippen molar-refractivity contribution in [1.82, 2.24) is 9.29 Å². The Morgan fingerprint density at radius 1 is 1.20 bits per heavy atom. The monoisotopic (exact) mass is 311 g/mol. The summed E-state index contributed by atoms with van der Waals surface area (Å²) in [5.74, 6) is 0. The van der Waals surface area contributed by atoms with Gasteiger partial charge in [-0.15, -0.1) is 0 Å². The van der Waals surface area contributed by atoms with Crippen molar-refractivity contribution in [3.8, 4) is 0 Å². The number of fused-ring (bicyclic) bond motifs is 1. The van der Waals surface area contributed by atoms with Crippen LogP contribution in [-0.4, -0.2) is 50.1 Å². The number of anilines is 1. The summed E-state index contributed by atoms with van der Waals surface area (Å²) in [7, 11) is -3.07. The molecule has 0 radical (unpaired) electrons. The van der Waals surface area contributed by atoms with Crippen LogP contribution in [0.1, 0.15) is 5.56 Å². The maximum Gasteiger partial charge on any atom is 0.211 e. The largest absolute Gasteiger partial charge is 0.345 e. The second-order valence-electron chi connectivity index (χ2n) is 5.07. The first-order valence-corrected chi connectivity index (χ1v) is 9.18. The topological polar surface area (TPSA) is 53.5 Å². The minimum Gasteiger partial charge on any atom is -0.345 e. The maximum absolute atomic E-state index is 11.5. The summed E-state index contributed by atoms with van der Waals surface area (Å²) < 4.78 is 25.7. The predicted molar refractivity (Wildman–Crippen MR) is 83.0 cm³/mol. The minimum atomic E-state index is -3.07. The third kappa shape index (κ3) is 2.53.